The number of ether oxygens (including phenoxy) is 1. The molecule has 2 amide bonds. The van der Waals surface area contributed by atoms with Gasteiger partial charge in [-0.3, -0.25) is 14.2 Å². The molecule has 0 bridgehead atoms. The van der Waals surface area contributed by atoms with Crippen LogP contribution in [0, 0.1) is 13.8 Å². The normalized spacial score (nSPS) is 12.2. The van der Waals surface area contributed by atoms with E-state index in [4.69, 9.17) is 14.2 Å². The van der Waals surface area contributed by atoms with E-state index in [2.05, 4.69) is 10.5 Å². The molecule has 0 radical (unpaired) electrons. The van der Waals surface area contributed by atoms with Crippen LogP contribution in [-0.4, -0.2) is 50.3 Å². The zero-order valence-corrected chi connectivity index (χ0v) is 25.1. The molecule has 4 rings (SSSR count). The Bertz CT molecular complexity index is 1600. The van der Waals surface area contributed by atoms with Crippen molar-refractivity contribution in [1.29, 1.82) is 0 Å². The first-order valence-corrected chi connectivity index (χ1v) is 14.2. The lowest BCUT2D eigenvalue weighted by Crippen LogP contribution is -2.40. The maximum Gasteiger partial charge on any atom is 0.407 e. The molecule has 0 aliphatic carbocycles. The smallest absolute Gasteiger partial charge is 0.407 e. The molecule has 2 aromatic heterocycles. The highest BCUT2D eigenvalue weighted by atomic mass is 16.6. The maximum absolute atomic E-state index is 14.0. The van der Waals surface area contributed by atoms with Crippen LogP contribution in [0.2, 0.25) is 0 Å². The van der Waals surface area contributed by atoms with Crippen molar-refractivity contribution < 1.29 is 18.8 Å². The number of hydrogen-bond donors (Lipinski definition) is 1. The number of benzene rings is 2. The zero-order valence-electron chi connectivity index (χ0n) is 25.1. The number of rotatable bonds is 10. The molecule has 0 aliphatic heterocycles. The van der Waals surface area contributed by atoms with Gasteiger partial charge < -0.3 is 19.5 Å². The molecule has 1 N–H and O–H groups in total. The maximum atomic E-state index is 14.0. The van der Waals surface area contributed by atoms with Crippen LogP contribution < -0.4 is 10.9 Å². The Morgan fingerprint density at radius 2 is 1.83 bits per heavy atom. The van der Waals surface area contributed by atoms with Crippen molar-refractivity contribution in [2.75, 3.05) is 13.1 Å². The molecule has 2 heterocycles. The van der Waals surface area contributed by atoms with E-state index in [0.29, 0.717) is 37.3 Å². The van der Waals surface area contributed by atoms with E-state index in [0.717, 1.165) is 16.7 Å². The summed E-state index contributed by atoms with van der Waals surface area (Å²) < 4.78 is 12.3. The third kappa shape index (κ3) is 7.43. The summed E-state index contributed by atoms with van der Waals surface area (Å²) in [5.41, 5.74) is 2.79. The molecule has 2 aromatic carbocycles. The summed E-state index contributed by atoms with van der Waals surface area (Å²) in [5, 5.41) is 6.85. The van der Waals surface area contributed by atoms with Gasteiger partial charge in [0.2, 0.25) is 0 Å². The Kier molecular flexibility index (Phi) is 9.45. The van der Waals surface area contributed by atoms with Gasteiger partial charge in [-0.05, 0) is 65.2 Å². The van der Waals surface area contributed by atoms with Gasteiger partial charge in [0, 0.05) is 18.7 Å². The van der Waals surface area contributed by atoms with Gasteiger partial charge in [0.25, 0.3) is 17.2 Å². The first-order chi connectivity index (χ1) is 20.0. The monoisotopic (exact) mass is 573 g/mol. The van der Waals surface area contributed by atoms with E-state index in [9.17, 15) is 14.4 Å². The molecule has 1 unspecified atom stereocenters. The minimum atomic E-state index is -0.614. The molecule has 0 fully saturated rings. The Morgan fingerprint density at radius 1 is 1.10 bits per heavy atom. The Labute approximate surface area is 245 Å². The molecule has 0 spiro atoms. The lowest BCUT2D eigenvalue weighted by atomic mass is 10.1. The molecule has 4 aromatic rings. The summed E-state index contributed by atoms with van der Waals surface area (Å²) in [4.78, 5) is 46.4. The minimum absolute atomic E-state index is 0.128. The summed E-state index contributed by atoms with van der Waals surface area (Å²) >= 11 is 0. The Hall–Kier alpha value is -4.47. The Balaban J connectivity index is 1.72. The van der Waals surface area contributed by atoms with Crippen LogP contribution in [0.1, 0.15) is 79.5 Å². The highest BCUT2D eigenvalue weighted by Gasteiger charge is 2.30. The first-order valence-electron chi connectivity index (χ1n) is 14.2. The van der Waals surface area contributed by atoms with Crippen molar-refractivity contribution in [1.82, 2.24) is 24.9 Å². The molecule has 0 saturated heterocycles. The van der Waals surface area contributed by atoms with Crippen molar-refractivity contribution in [2.45, 2.75) is 72.6 Å². The van der Waals surface area contributed by atoms with Gasteiger partial charge in [-0.2, -0.15) is 4.98 Å². The number of carbonyl (C=O) groups is 2. The molecule has 10 nitrogen and oxygen atoms in total. The van der Waals surface area contributed by atoms with Crippen molar-refractivity contribution >= 4 is 23.1 Å². The van der Waals surface area contributed by atoms with Gasteiger partial charge in [0.1, 0.15) is 16.8 Å². The van der Waals surface area contributed by atoms with E-state index in [1.54, 1.807) is 42.4 Å². The predicted octanol–water partition coefficient (Wildman–Crippen LogP) is 5.56. The van der Waals surface area contributed by atoms with Gasteiger partial charge in [0.15, 0.2) is 0 Å². The van der Waals surface area contributed by atoms with Gasteiger partial charge in [0.05, 0.1) is 18.8 Å². The van der Waals surface area contributed by atoms with E-state index in [1.165, 1.54) is 6.20 Å². The lowest BCUT2D eigenvalue weighted by Gasteiger charge is -2.32. The van der Waals surface area contributed by atoms with Crippen molar-refractivity contribution in [3.05, 3.63) is 93.2 Å². The van der Waals surface area contributed by atoms with Crippen LogP contribution in [-0.2, 0) is 11.3 Å². The third-order valence-corrected chi connectivity index (χ3v) is 6.81. The van der Waals surface area contributed by atoms with Crippen LogP contribution in [0.5, 0.6) is 0 Å². The zero-order chi connectivity index (χ0) is 30.4. The van der Waals surface area contributed by atoms with Crippen LogP contribution in [0.4, 0.5) is 4.79 Å². The molecule has 1 atom stereocenters. The summed E-state index contributed by atoms with van der Waals surface area (Å²) in [7, 11) is 0. The van der Waals surface area contributed by atoms with Crippen molar-refractivity contribution in [2.24, 2.45) is 0 Å². The largest absolute Gasteiger partial charge is 0.444 e. The van der Waals surface area contributed by atoms with Gasteiger partial charge in [-0.1, -0.05) is 59.6 Å². The number of amides is 2. The van der Waals surface area contributed by atoms with Crippen molar-refractivity contribution in [3.8, 4) is 0 Å². The van der Waals surface area contributed by atoms with Crippen LogP contribution in [0.3, 0.4) is 0 Å². The number of fused-ring (bicyclic) bond motifs is 1. The van der Waals surface area contributed by atoms with Crippen LogP contribution in [0.15, 0.2) is 64.0 Å². The summed E-state index contributed by atoms with van der Waals surface area (Å²) in [6.45, 7) is 12.2. The minimum Gasteiger partial charge on any atom is -0.444 e. The van der Waals surface area contributed by atoms with E-state index in [1.807, 2.05) is 57.2 Å². The summed E-state index contributed by atoms with van der Waals surface area (Å²) in [6, 6.07) is 14.7. The highest BCUT2D eigenvalue weighted by Crippen LogP contribution is 2.27. The second-order valence-corrected chi connectivity index (χ2v) is 11.5. The van der Waals surface area contributed by atoms with Gasteiger partial charge >= 0.3 is 6.09 Å². The second-order valence-electron chi connectivity index (χ2n) is 11.5. The topological polar surface area (TPSA) is 120 Å². The second kappa shape index (κ2) is 13.0. The average Bonchev–Trinajstić information content (AvgIpc) is 3.40. The SMILES string of the molecule is CCC(c1nc2oncc2c(=O)n1Cc1cccc(C)c1)N(CCCNC(=O)OC(C)(C)C)C(=O)c1ccc(C)cc1. The van der Waals surface area contributed by atoms with E-state index < -0.39 is 17.7 Å². The Morgan fingerprint density at radius 3 is 2.50 bits per heavy atom. The molecule has 0 saturated carbocycles. The number of alkyl carbamates (subject to hydrolysis) is 1. The molecule has 10 heteroatoms. The number of nitrogens with zero attached hydrogens (tertiary/aromatic N) is 4. The molecular weight excluding hydrogens is 534 g/mol. The number of hydrogen-bond acceptors (Lipinski definition) is 7. The van der Waals surface area contributed by atoms with E-state index in [-0.39, 0.29) is 29.1 Å². The lowest BCUT2D eigenvalue weighted by molar-refractivity contribution is 0.0523. The van der Waals surface area contributed by atoms with Gasteiger partial charge in [-0.15, -0.1) is 0 Å². The molecule has 222 valence electrons. The fourth-order valence-corrected chi connectivity index (χ4v) is 4.83. The van der Waals surface area contributed by atoms with E-state index >= 15 is 0 Å². The first kappa shape index (κ1) is 30.5. The highest BCUT2D eigenvalue weighted by molar-refractivity contribution is 5.94. The predicted molar refractivity (Wildman–Crippen MR) is 160 cm³/mol. The number of aromatic nitrogens is 3. The molecule has 42 heavy (non-hydrogen) atoms. The fourth-order valence-electron chi connectivity index (χ4n) is 4.83. The number of aryl methyl sites for hydroxylation is 2. The fraction of sp³-hybridized carbons (Fsp3) is 0.406. The molecular formula is C32H39N5O5. The van der Waals surface area contributed by atoms with Crippen LogP contribution >= 0.6 is 0 Å². The van der Waals surface area contributed by atoms with Crippen LogP contribution in [0.25, 0.3) is 11.1 Å². The standard InChI is InChI=1S/C32H39N5O5/c1-7-26(27-35-28-25(19-34-42-28)30(39)37(27)20-23-11-8-10-22(3)18-23)36(29(38)24-14-12-21(2)13-15-24)17-9-16-33-31(40)41-32(4,5)6/h8,10-15,18-19,26H,7,9,16-17,20H2,1-6H3,(H,33,40). The number of nitrogens with one attached hydrogen (secondary N) is 1. The third-order valence-electron chi connectivity index (χ3n) is 6.81. The molecule has 0 aliphatic rings. The quantitative estimate of drug-likeness (QED) is 0.247. The summed E-state index contributed by atoms with van der Waals surface area (Å²) in [5.74, 6) is 0.210. The average molecular weight is 574 g/mol. The number of carbonyl (C=O) groups excluding carboxylic acids is 2. The summed E-state index contributed by atoms with van der Waals surface area (Å²) in [6.07, 6.45) is 1.80. The van der Waals surface area contributed by atoms with Gasteiger partial charge in [-0.25, -0.2) is 4.79 Å². The van der Waals surface area contributed by atoms with Crippen molar-refractivity contribution in [3.63, 3.8) is 0 Å².